The van der Waals surface area contributed by atoms with Crippen molar-refractivity contribution in [3.63, 3.8) is 0 Å². The number of Topliss-reactive ketones (excluding diaryl/α,β-unsaturated/α-hetero) is 1. The van der Waals surface area contributed by atoms with Crippen LogP contribution in [0.5, 0.6) is 0 Å². The molecular weight excluding hydrogens is 742 g/mol. The fraction of sp³-hybridized carbons (Fsp3) is 0.915. The summed E-state index contributed by atoms with van der Waals surface area (Å²) in [6.07, 6.45) is 2.43. The van der Waals surface area contributed by atoms with Crippen LogP contribution in [0.1, 0.15) is 184 Å². The lowest BCUT2D eigenvalue weighted by Crippen LogP contribution is -2.52. The second-order valence-corrected chi connectivity index (χ2v) is 22.5. The molecule has 0 N–H and O–H groups in total. The van der Waals surface area contributed by atoms with E-state index in [2.05, 4.69) is 0 Å². The summed E-state index contributed by atoms with van der Waals surface area (Å²) >= 11 is 0. The molecule has 0 heterocycles. The molecule has 342 valence electrons. The monoisotopic (exact) mass is 830 g/mol. The molecule has 0 rings (SSSR count). The highest BCUT2D eigenvalue weighted by atomic mass is 19.1. The maximum atomic E-state index is 13.5. The van der Waals surface area contributed by atoms with Crippen LogP contribution < -0.4 is 0 Å². The largest absolute Gasteiger partial charge is 0.465 e. The summed E-state index contributed by atoms with van der Waals surface area (Å²) in [7, 11) is 1.85. The molecule has 0 aromatic carbocycles. The Bertz CT molecular complexity index is 1360. The van der Waals surface area contributed by atoms with Gasteiger partial charge in [-0.05, 0) is 119 Å². The molecule has 58 heavy (non-hydrogen) atoms. The Kier molecular flexibility index (Phi) is 20.0. The van der Waals surface area contributed by atoms with E-state index in [9.17, 15) is 23.6 Å². The van der Waals surface area contributed by atoms with Crippen molar-refractivity contribution in [3.8, 4) is 0 Å². The van der Waals surface area contributed by atoms with Crippen molar-refractivity contribution in [2.24, 2.45) is 39.9 Å². The van der Waals surface area contributed by atoms with E-state index in [0.29, 0.717) is 38.7 Å². The van der Waals surface area contributed by atoms with E-state index in [1.54, 1.807) is 18.9 Å². The summed E-state index contributed by atoms with van der Waals surface area (Å²) in [4.78, 5) is 56.7. The van der Waals surface area contributed by atoms with Crippen LogP contribution in [0.3, 0.4) is 0 Å². The van der Waals surface area contributed by atoms with Crippen molar-refractivity contribution < 1.29 is 47.4 Å². The van der Waals surface area contributed by atoms with E-state index in [1.165, 1.54) is 0 Å². The first kappa shape index (κ1) is 56.0. The third-order valence-electron chi connectivity index (χ3n) is 13.0. The molecule has 5 atom stereocenters. The zero-order chi connectivity index (χ0) is 46.3. The molecular formula is C47H88FNO9. The van der Waals surface area contributed by atoms with Gasteiger partial charge in [-0.3, -0.25) is 24.0 Å². The van der Waals surface area contributed by atoms with Gasteiger partial charge in [-0.1, -0.05) is 69.2 Å². The lowest BCUT2D eigenvalue weighted by molar-refractivity contribution is -0.277. The Hall–Kier alpha value is -1.95. The number of nitrogens with zero attached hydrogens (tertiary/aromatic N) is 1. The fourth-order valence-electron chi connectivity index (χ4n) is 7.86. The number of rotatable bonds is 27. The molecule has 0 spiro atoms. The lowest BCUT2D eigenvalue weighted by Gasteiger charge is -2.45. The average molecular weight is 830 g/mol. The van der Waals surface area contributed by atoms with Gasteiger partial charge in [0, 0.05) is 31.3 Å². The van der Waals surface area contributed by atoms with Crippen LogP contribution >= 0.6 is 0 Å². The number of carbonyl (C=O) groups excluding carboxylic acids is 4. The zero-order valence-electron chi connectivity index (χ0n) is 41.3. The van der Waals surface area contributed by atoms with Crippen molar-refractivity contribution >= 4 is 23.8 Å². The third kappa shape index (κ3) is 18.3. The van der Waals surface area contributed by atoms with Crippen LogP contribution in [0.25, 0.3) is 0 Å². The first-order valence-corrected chi connectivity index (χ1v) is 21.5. The van der Waals surface area contributed by atoms with Crippen molar-refractivity contribution in [3.05, 3.63) is 0 Å². The molecule has 0 aliphatic carbocycles. The Morgan fingerprint density at radius 1 is 0.569 bits per heavy atom. The molecule has 0 saturated heterocycles. The average Bonchev–Trinajstić information content (AvgIpc) is 3.00. The highest BCUT2D eigenvalue weighted by Crippen LogP contribution is 2.42. The predicted octanol–water partition coefficient (Wildman–Crippen LogP) is 10.9. The molecule has 0 bridgehead atoms. The van der Waals surface area contributed by atoms with E-state index < -0.39 is 68.0 Å². The minimum absolute atomic E-state index is 0.0952. The van der Waals surface area contributed by atoms with Crippen molar-refractivity contribution in [1.29, 1.82) is 0 Å². The number of ketones is 1. The van der Waals surface area contributed by atoms with Crippen LogP contribution in [0.2, 0.25) is 0 Å². The van der Waals surface area contributed by atoms with E-state index in [1.807, 2.05) is 146 Å². The quantitative estimate of drug-likeness (QED) is 0.0450. The van der Waals surface area contributed by atoms with Gasteiger partial charge >= 0.3 is 18.0 Å². The first-order valence-electron chi connectivity index (χ1n) is 21.5. The van der Waals surface area contributed by atoms with Gasteiger partial charge in [0.1, 0.15) is 11.4 Å². The van der Waals surface area contributed by atoms with Gasteiger partial charge in [-0.2, -0.15) is 9.45 Å². The molecule has 0 radical (unpaired) electrons. The molecule has 0 saturated carbocycles. The second kappa shape index (κ2) is 20.7. The Labute approximate surface area is 354 Å². The number of ether oxygens (including phenoxy) is 4. The number of esters is 2. The summed E-state index contributed by atoms with van der Waals surface area (Å²) in [5.41, 5.74) is -4.58. The highest BCUT2D eigenvalue weighted by molar-refractivity contribution is 5.79. The fourth-order valence-corrected chi connectivity index (χ4v) is 7.86. The second-order valence-electron chi connectivity index (χ2n) is 22.5. The number of hydrogen-bond acceptors (Lipinski definition) is 10. The van der Waals surface area contributed by atoms with E-state index in [0.717, 1.165) is 0 Å². The summed E-state index contributed by atoms with van der Waals surface area (Å²) in [5.74, 6) is -2.27. The van der Waals surface area contributed by atoms with Crippen LogP contribution in [-0.4, -0.2) is 83.1 Å². The molecule has 5 unspecified atom stereocenters. The predicted molar refractivity (Wildman–Crippen MR) is 231 cm³/mol. The summed E-state index contributed by atoms with van der Waals surface area (Å²) in [6.45, 7) is 42.8. The number of carbonyl (C=O) groups is 4. The number of halogens is 1. The first-order chi connectivity index (χ1) is 25.6. The van der Waals surface area contributed by atoms with Crippen LogP contribution in [0.4, 0.5) is 4.39 Å². The van der Waals surface area contributed by atoms with Gasteiger partial charge < -0.3 is 18.9 Å². The maximum Gasteiger partial charge on any atom is 0.309 e. The minimum atomic E-state index is -1.32. The Balaban J connectivity index is 5.11. The Morgan fingerprint density at radius 3 is 1.50 bits per heavy atom. The molecule has 0 fully saturated rings. The van der Waals surface area contributed by atoms with E-state index in [-0.39, 0.29) is 36.4 Å². The zero-order valence-corrected chi connectivity index (χ0v) is 41.3. The van der Waals surface area contributed by atoms with Crippen molar-refractivity contribution in [2.75, 3.05) is 20.3 Å². The summed E-state index contributed by atoms with van der Waals surface area (Å²) in [5, 5.41) is 1.77. The van der Waals surface area contributed by atoms with Crippen molar-refractivity contribution in [2.45, 2.75) is 218 Å². The molecule has 0 aromatic rings. The topological polar surface area (TPSA) is 118 Å². The molecule has 0 aromatic heterocycles. The van der Waals surface area contributed by atoms with Crippen LogP contribution in [0.15, 0.2) is 0 Å². The molecule has 10 nitrogen and oxygen atoms in total. The van der Waals surface area contributed by atoms with Gasteiger partial charge in [0.15, 0.2) is 0 Å². The highest BCUT2D eigenvalue weighted by Gasteiger charge is 2.44. The Morgan fingerprint density at radius 2 is 1.02 bits per heavy atom. The van der Waals surface area contributed by atoms with Gasteiger partial charge in [0.2, 0.25) is 0 Å². The van der Waals surface area contributed by atoms with Crippen LogP contribution in [-0.2, 0) is 43.0 Å². The summed E-state index contributed by atoms with van der Waals surface area (Å²) in [6, 6.07) is -1.32. The summed E-state index contributed by atoms with van der Waals surface area (Å²) < 4.78 is 38.0. The van der Waals surface area contributed by atoms with E-state index in [4.69, 9.17) is 23.8 Å². The van der Waals surface area contributed by atoms with E-state index >= 15 is 0 Å². The molecule has 0 aliphatic rings. The van der Waals surface area contributed by atoms with Gasteiger partial charge in [-0.15, -0.1) is 0 Å². The number of hydroxylamine groups is 2. The third-order valence-corrected chi connectivity index (χ3v) is 13.0. The normalized spacial score (nSPS) is 16.7. The van der Waals surface area contributed by atoms with Gasteiger partial charge in [-0.25, -0.2) is 0 Å². The lowest BCUT2D eigenvalue weighted by atomic mass is 9.72. The molecule has 0 amide bonds. The van der Waals surface area contributed by atoms with Crippen LogP contribution in [0, 0.1) is 39.9 Å². The molecule has 0 aliphatic heterocycles. The minimum Gasteiger partial charge on any atom is -0.465 e. The van der Waals surface area contributed by atoms with Gasteiger partial charge in [0.05, 0.1) is 53.9 Å². The standard InChI is InChI=1S/C47H88FNO9/c1-31(56-45(17,18)29-41(9,10)33(3)37(48)51)28-40(7,8)34(4)38(52)54-26-24-43(13,14)55-27-25-44(15,16)57-39(53)35(5)42(11,12)30-46(19,20)58-49(23)47(21,22)32(2)36(6)50/h31-35H,24-30H2,1-23H3. The maximum absolute atomic E-state index is 13.5. The van der Waals surface area contributed by atoms with Gasteiger partial charge in [0.25, 0.3) is 0 Å². The molecule has 11 heteroatoms. The van der Waals surface area contributed by atoms with Crippen molar-refractivity contribution in [1.82, 2.24) is 5.06 Å². The SMILES string of the molecule is CC(=O)C(C)C(C)(C)N(C)OC(C)(C)CC(C)(C)C(C)C(=O)OC(C)(C)CCOC(C)(C)CCOC(=O)C(C)C(C)(C)CC(C)OC(C)(C)CC(C)(C)C(C)C(=O)F. The smallest absolute Gasteiger partial charge is 0.309 e. The number of hydrogen-bond donors (Lipinski definition) is 0.